The molecule has 0 aliphatic heterocycles. The largest absolute Gasteiger partial charge is 0.386 e. The van der Waals surface area contributed by atoms with Crippen LogP contribution in [0.4, 0.5) is 0 Å². The van der Waals surface area contributed by atoms with Crippen LogP contribution in [-0.4, -0.2) is 14.3 Å². The first kappa shape index (κ1) is 16.3. The SMILES string of the molecule is NC(=NS(=O)(=O)/C=C/c1ccc(Cl)c(Cl)c1)C1CCCC1. The molecule has 1 saturated carbocycles. The van der Waals surface area contributed by atoms with Gasteiger partial charge >= 0.3 is 0 Å². The van der Waals surface area contributed by atoms with E-state index in [1.54, 1.807) is 18.2 Å². The lowest BCUT2D eigenvalue weighted by atomic mass is 10.1. The fourth-order valence-corrected chi connectivity index (χ4v) is 3.39. The monoisotopic (exact) mass is 346 g/mol. The molecule has 21 heavy (non-hydrogen) atoms. The average Bonchev–Trinajstić information content (AvgIpc) is 2.94. The van der Waals surface area contributed by atoms with Gasteiger partial charge in [0.25, 0.3) is 10.0 Å². The minimum absolute atomic E-state index is 0.0816. The molecule has 1 fully saturated rings. The van der Waals surface area contributed by atoms with E-state index in [1.165, 1.54) is 6.08 Å². The molecule has 1 aliphatic rings. The van der Waals surface area contributed by atoms with E-state index < -0.39 is 10.0 Å². The molecule has 114 valence electrons. The molecular formula is C14H16Cl2N2O2S. The molecule has 2 rings (SSSR count). The second-order valence-corrected chi connectivity index (χ2v) is 7.29. The number of amidine groups is 1. The summed E-state index contributed by atoms with van der Waals surface area (Å²) in [6, 6.07) is 4.86. The molecule has 0 amide bonds. The summed E-state index contributed by atoms with van der Waals surface area (Å²) in [6.45, 7) is 0. The van der Waals surface area contributed by atoms with Crippen LogP contribution in [0.3, 0.4) is 0 Å². The number of halogens is 2. The Kier molecular flexibility index (Phi) is 5.30. The highest BCUT2D eigenvalue weighted by atomic mass is 35.5. The van der Waals surface area contributed by atoms with Gasteiger partial charge in [0, 0.05) is 5.92 Å². The molecule has 7 heteroatoms. The van der Waals surface area contributed by atoms with Gasteiger partial charge in [-0.05, 0) is 36.6 Å². The molecule has 0 heterocycles. The van der Waals surface area contributed by atoms with Gasteiger partial charge in [-0.3, -0.25) is 0 Å². The minimum Gasteiger partial charge on any atom is -0.386 e. The van der Waals surface area contributed by atoms with Crippen molar-refractivity contribution in [2.24, 2.45) is 16.0 Å². The molecule has 1 aromatic rings. The van der Waals surface area contributed by atoms with Crippen LogP contribution < -0.4 is 5.73 Å². The molecule has 0 radical (unpaired) electrons. The average molecular weight is 347 g/mol. The van der Waals surface area contributed by atoms with E-state index >= 15 is 0 Å². The van der Waals surface area contributed by atoms with Crippen molar-refractivity contribution < 1.29 is 8.42 Å². The van der Waals surface area contributed by atoms with E-state index in [4.69, 9.17) is 28.9 Å². The fourth-order valence-electron chi connectivity index (χ4n) is 2.25. The van der Waals surface area contributed by atoms with E-state index in [0.29, 0.717) is 15.6 Å². The number of nitrogens with two attached hydrogens (primary N) is 1. The molecule has 0 bridgehead atoms. The Hall–Kier alpha value is -1.04. The molecule has 0 unspecified atom stereocenters. The van der Waals surface area contributed by atoms with Gasteiger partial charge < -0.3 is 5.73 Å². The first-order chi connectivity index (χ1) is 9.87. The Balaban J connectivity index is 2.14. The lowest BCUT2D eigenvalue weighted by molar-refractivity contribution is 0.605. The van der Waals surface area contributed by atoms with Crippen molar-refractivity contribution in [3.8, 4) is 0 Å². The maximum absolute atomic E-state index is 11.9. The highest BCUT2D eigenvalue weighted by Gasteiger charge is 2.20. The van der Waals surface area contributed by atoms with Crippen LogP contribution in [0.5, 0.6) is 0 Å². The quantitative estimate of drug-likeness (QED) is 0.664. The van der Waals surface area contributed by atoms with Crippen molar-refractivity contribution in [3.63, 3.8) is 0 Å². The zero-order valence-electron chi connectivity index (χ0n) is 11.3. The summed E-state index contributed by atoms with van der Waals surface area (Å²) in [5.41, 5.74) is 6.40. The van der Waals surface area contributed by atoms with E-state index in [9.17, 15) is 8.42 Å². The first-order valence-electron chi connectivity index (χ1n) is 6.61. The third-order valence-corrected chi connectivity index (χ3v) is 5.07. The number of rotatable bonds is 4. The van der Waals surface area contributed by atoms with Crippen molar-refractivity contribution in [1.82, 2.24) is 0 Å². The standard InChI is InChI=1S/C14H16Cl2N2O2S/c15-12-6-5-10(9-13(12)16)7-8-21(19,20)18-14(17)11-3-1-2-4-11/h5-9,11H,1-4H2,(H2,17,18)/b8-7+. The van der Waals surface area contributed by atoms with Gasteiger partial charge in [-0.2, -0.15) is 8.42 Å². The Bertz CT molecular complexity index is 678. The van der Waals surface area contributed by atoms with E-state index in [1.807, 2.05) is 0 Å². The van der Waals surface area contributed by atoms with Crippen LogP contribution in [0.2, 0.25) is 10.0 Å². The summed E-state index contributed by atoms with van der Waals surface area (Å²) >= 11 is 11.7. The number of nitrogens with zero attached hydrogens (tertiary/aromatic N) is 1. The summed E-state index contributed by atoms with van der Waals surface area (Å²) in [6.07, 6.45) is 5.37. The van der Waals surface area contributed by atoms with Crippen LogP contribution in [0.1, 0.15) is 31.2 Å². The fraction of sp³-hybridized carbons (Fsp3) is 0.357. The number of benzene rings is 1. The normalized spacial score (nSPS) is 17.7. The Morgan fingerprint density at radius 3 is 2.52 bits per heavy atom. The van der Waals surface area contributed by atoms with Crippen LogP contribution in [0.25, 0.3) is 6.08 Å². The number of hydrogen-bond donors (Lipinski definition) is 1. The molecule has 0 spiro atoms. The van der Waals surface area contributed by atoms with Crippen molar-refractivity contribution >= 4 is 45.1 Å². The molecular weight excluding hydrogens is 331 g/mol. The molecule has 1 aliphatic carbocycles. The van der Waals surface area contributed by atoms with Crippen LogP contribution >= 0.6 is 23.2 Å². The van der Waals surface area contributed by atoms with Crippen LogP contribution in [0.15, 0.2) is 28.0 Å². The second kappa shape index (κ2) is 6.81. The van der Waals surface area contributed by atoms with Gasteiger partial charge in [-0.1, -0.05) is 42.1 Å². The number of hydrogen-bond acceptors (Lipinski definition) is 2. The second-order valence-electron chi connectivity index (χ2n) is 4.99. The Morgan fingerprint density at radius 2 is 1.90 bits per heavy atom. The maximum atomic E-state index is 11.9. The molecule has 0 atom stereocenters. The van der Waals surface area contributed by atoms with Crippen LogP contribution in [-0.2, 0) is 10.0 Å². The predicted octanol–water partition coefficient (Wildman–Crippen LogP) is 3.84. The maximum Gasteiger partial charge on any atom is 0.277 e. The van der Waals surface area contributed by atoms with Gasteiger partial charge in [-0.15, -0.1) is 4.40 Å². The lowest BCUT2D eigenvalue weighted by Gasteiger charge is -2.06. The summed E-state index contributed by atoms with van der Waals surface area (Å²) in [7, 11) is -3.73. The van der Waals surface area contributed by atoms with Gasteiger partial charge in [0.2, 0.25) is 0 Å². The third kappa shape index (κ3) is 4.73. The summed E-state index contributed by atoms with van der Waals surface area (Å²) in [4.78, 5) is 0. The van der Waals surface area contributed by atoms with E-state index in [0.717, 1.165) is 31.1 Å². The minimum atomic E-state index is -3.73. The number of sulfonamides is 1. The van der Waals surface area contributed by atoms with Crippen molar-refractivity contribution in [3.05, 3.63) is 39.2 Å². The van der Waals surface area contributed by atoms with E-state index in [-0.39, 0.29) is 11.8 Å². The molecule has 0 aromatic heterocycles. The lowest BCUT2D eigenvalue weighted by Crippen LogP contribution is -2.22. The van der Waals surface area contributed by atoms with Crippen molar-refractivity contribution in [2.75, 3.05) is 0 Å². The zero-order chi connectivity index (χ0) is 15.5. The van der Waals surface area contributed by atoms with Gasteiger partial charge in [0.05, 0.1) is 15.5 Å². The predicted molar refractivity (Wildman–Crippen MR) is 88.0 cm³/mol. The smallest absolute Gasteiger partial charge is 0.277 e. The molecule has 1 aromatic carbocycles. The summed E-state index contributed by atoms with van der Waals surface area (Å²) in [5.74, 6) is 0.282. The molecule has 4 nitrogen and oxygen atoms in total. The van der Waals surface area contributed by atoms with Gasteiger partial charge in [0.15, 0.2) is 0 Å². The molecule has 2 N–H and O–H groups in total. The van der Waals surface area contributed by atoms with Crippen molar-refractivity contribution in [2.45, 2.75) is 25.7 Å². The van der Waals surface area contributed by atoms with Gasteiger partial charge in [0.1, 0.15) is 5.84 Å². The van der Waals surface area contributed by atoms with Gasteiger partial charge in [-0.25, -0.2) is 0 Å². The zero-order valence-corrected chi connectivity index (χ0v) is 13.6. The summed E-state index contributed by atoms with van der Waals surface area (Å²) in [5, 5.41) is 1.80. The first-order valence-corrected chi connectivity index (χ1v) is 8.87. The Morgan fingerprint density at radius 1 is 1.24 bits per heavy atom. The Labute approximate surface area is 134 Å². The van der Waals surface area contributed by atoms with Crippen molar-refractivity contribution in [1.29, 1.82) is 0 Å². The van der Waals surface area contributed by atoms with Crippen LogP contribution in [0, 0.1) is 5.92 Å². The summed E-state index contributed by atoms with van der Waals surface area (Å²) < 4.78 is 27.5. The third-order valence-electron chi connectivity index (χ3n) is 3.38. The van der Waals surface area contributed by atoms with E-state index in [2.05, 4.69) is 4.40 Å². The highest BCUT2D eigenvalue weighted by Crippen LogP contribution is 2.25. The topological polar surface area (TPSA) is 72.5 Å². The highest BCUT2D eigenvalue weighted by molar-refractivity contribution is 7.93. The molecule has 0 saturated heterocycles.